The topological polar surface area (TPSA) is 15.3 Å². The molecule has 1 heterocycles. The average molecular weight is 254 g/mol. The summed E-state index contributed by atoms with van der Waals surface area (Å²) in [4.78, 5) is 2.75. The van der Waals surface area contributed by atoms with Crippen molar-refractivity contribution in [2.45, 2.75) is 78.3 Å². The van der Waals surface area contributed by atoms with Crippen LogP contribution in [-0.4, -0.2) is 36.1 Å². The third-order valence-electron chi connectivity index (χ3n) is 4.46. The summed E-state index contributed by atoms with van der Waals surface area (Å²) in [7, 11) is 0. The molecule has 0 aliphatic carbocycles. The predicted octanol–water partition coefficient (Wildman–Crippen LogP) is 3.67. The molecule has 1 N–H and O–H groups in total. The van der Waals surface area contributed by atoms with Crippen LogP contribution in [0, 0.1) is 5.92 Å². The van der Waals surface area contributed by atoms with E-state index in [0.29, 0.717) is 0 Å². The van der Waals surface area contributed by atoms with Gasteiger partial charge in [-0.1, -0.05) is 46.5 Å². The molecule has 1 aliphatic heterocycles. The van der Waals surface area contributed by atoms with Gasteiger partial charge in [0.1, 0.15) is 0 Å². The Morgan fingerprint density at radius 1 is 1.22 bits per heavy atom. The Morgan fingerprint density at radius 3 is 2.56 bits per heavy atom. The number of hydrogen-bond donors (Lipinski definition) is 1. The zero-order valence-electron chi connectivity index (χ0n) is 13.3. The van der Waals surface area contributed by atoms with Crippen molar-refractivity contribution in [1.29, 1.82) is 0 Å². The van der Waals surface area contributed by atoms with Crippen molar-refractivity contribution in [3.63, 3.8) is 0 Å². The maximum absolute atomic E-state index is 3.71. The molecule has 0 aromatic carbocycles. The number of nitrogens with zero attached hydrogens (tertiary/aromatic N) is 1. The van der Waals surface area contributed by atoms with Crippen molar-refractivity contribution in [2.75, 3.05) is 19.6 Å². The van der Waals surface area contributed by atoms with Gasteiger partial charge in [0, 0.05) is 24.7 Å². The lowest BCUT2D eigenvalue weighted by Crippen LogP contribution is -2.63. The second-order valence-electron chi connectivity index (χ2n) is 6.75. The van der Waals surface area contributed by atoms with Crippen LogP contribution in [0.1, 0.15) is 66.7 Å². The van der Waals surface area contributed by atoms with E-state index in [1.165, 1.54) is 45.2 Å². The first-order valence-corrected chi connectivity index (χ1v) is 7.99. The molecule has 0 aromatic heterocycles. The van der Waals surface area contributed by atoms with Crippen molar-refractivity contribution >= 4 is 0 Å². The summed E-state index contributed by atoms with van der Waals surface area (Å²) in [5.74, 6) is 0.805. The Labute approximate surface area is 115 Å². The van der Waals surface area contributed by atoms with Crippen LogP contribution in [0.25, 0.3) is 0 Å². The van der Waals surface area contributed by atoms with Crippen LogP contribution in [0.2, 0.25) is 0 Å². The molecular formula is C16H34N2. The van der Waals surface area contributed by atoms with Gasteiger partial charge in [0.2, 0.25) is 0 Å². The van der Waals surface area contributed by atoms with Crippen LogP contribution >= 0.6 is 0 Å². The molecule has 1 aliphatic rings. The molecule has 2 atom stereocenters. The molecule has 2 nitrogen and oxygen atoms in total. The summed E-state index contributed by atoms with van der Waals surface area (Å²) in [5, 5.41) is 3.71. The Hall–Kier alpha value is -0.0800. The smallest absolute Gasteiger partial charge is 0.0252 e. The van der Waals surface area contributed by atoms with Gasteiger partial charge >= 0.3 is 0 Å². The average Bonchev–Trinajstić information content (AvgIpc) is 2.33. The maximum atomic E-state index is 3.71. The largest absolute Gasteiger partial charge is 0.309 e. The zero-order chi connectivity index (χ0) is 13.6. The van der Waals surface area contributed by atoms with E-state index >= 15 is 0 Å². The summed E-state index contributed by atoms with van der Waals surface area (Å²) >= 11 is 0. The van der Waals surface area contributed by atoms with E-state index in [-0.39, 0.29) is 5.54 Å². The van der Waals surface area contributed by atoms with Crippen molar-refractivity contribution in [3.05, 3.63) is 0 Å². The van der Waals surface area contributed by atoms with Crippen LogP contribution in [0.4, 0.5) is 0 Å². The Kier molecular flexibility index (Phi) is 6.65. The highest BCUT2D eigenvalue weighted by Crippen LogP contribution is 2.22. The number of rotatable bonds is 7. The number of piperazine rings is 1. The summed E-state index contributed by atoms with van der Waals surface area (Å²) in [6.07, 6.45) is 6.79. The van der Waals surface area contributed by atoms with E-state index in [9.17, 15) is 0 Å². The highest BCUT2D eigenvalue weighted by molar-refractivity contribution is 4.93. The normalized spacial score (nSPS) is 26.2. The van der Waals surface area contributed by atoms with Gasteiger partial charge in [-0.15, -0.1) is 0 Å². The van der Waals surface area contributed by atoms with Crippen molar-refractivity contribution in [3.8, 4) is 0 Å². The van der Waals surface area contributed by atoms with Gasteiger partial charge in [-0.2, -0.15) is 0 Å². The second-order valence-corrected chi connectivity index (χ2v) is 6.75. The molecule has 1 saturated heterocycles. The lowest BCUT2D eigenvalue weighted by atomic mass is 9.90. The van der Waals surface area contributed by atoms with Gasteiger partial charge in [0.05, 0.1) is 0 Å². The first kappa shape index (κ1) is 16.0. The maximum Gasteiger partial charge on any atom is 0.0252 e. The van der Waals surface area contributed by atoms with Crippen LogP contribution in [0.3, 0.4) is 0 Å². The van der Waals surface area contributed by atoms with E-state index in [1.54, 1.807) is 0 Å². The van der Waals surface area contributed by atoms with E-state index in [4.69, 9.17) is 0 Å². The molecule has 0 bridgehead atoms. The lowest BCUT2D eigenvalue weighted by molar-refractivity contribution is 0.0621. The third-order valence-corrected chi connectivity index (χ3v) is 4.46. The zero-order valence-corrected chi connectivity index (χ0v) is 13.3. The SMILES string of the molecule is CCCCCCN1CC(C)(C)NCC1C(C)CC. The van der Waals surface area contributed by atoms with E-state index in [0.717, 1.165) is 18.5 Å². The van der Waals surface area contributed by atoms with Crippen molar-refractivity contribution in [1.82, 2.24) is 10.2 Å². The summed E-state index contributed by atoms with van der Waals surface area (Å²) in [5.41, 5.74) is 0.286. The first-order valence-electron chi connectivity index (χ1n) is 7.99. The van der Waals surface area contributed by atoms with Crippen LogP contribution < -0.4 is 5.32 Å². The quantitative estimate of drug-likeness (QED) is 0.697. The van der Waals surface area contributed by atoms with Crippen LogP contribution in [-0.2, 0) is 0 Å². The summed E-state index contributed by atoms with van der Waals surface area (Å²) in [6.45, 7) is 15.3. The highest BCUT2D eigenvalue weighted by atomic mass is 15.2. The Morgan fingerprint density at radius 2 is 1.94 bits per heavy atom. The fourth-order valence-electron chi connectivity index (χ4n) is 3.01. The first-order chi connectivity index (χ1) is 8.50. The molecule has 0 spiro atoms. The molecule has 0 radical (unpaired) electrons. The third kappa shape index (κ3) is 4.89. The van der Waals surface area contributed by atoms with Crippen LogP contribution in [0.5, 0.6) is 0 Å². The van der Waals surface area contributed by atoms with Crippen molar-refractivity contribution in [2.24, 2.45) is 5.92 Å². The van der Waals surface area contributed by atoms with Gasteiger partial charge in [-0.25, -0.2) is 0 Å². The molecule has 2 unspecified atom stereocenters. The number of hydrogen-bond acceptors (Lipinski definition) is 2. The number of nitrogens with one attached hydrogen (secondary N) is 1. The van der Waals surface area contributed by atoms with E-state index in [2.05, 4.69) is 44.8 Å². The molecule has 0 aromatic rings. The van der Waals surface area contributed by atoms with Crippen molar-refractivity contribution < 1.29 is 0 Å². The minimum absolute atomic E-state index is 0.286. The standard InChI is InChI=1S/C16H34N2/c1-6-8-9-10-11-18-13-16(4,5)17-12-15(18)14(3)7-2/h14-15,17H,6-13H2,1-5H3. The van der Waals surface area contributed by atoms with E-state index < -0.39 is 0 Å². The minimum atomic E-state index is 0.286. The van der Waals surface area contributed by atoms with Gasteiger partial charge in [-0.05, 0) is 32.7 Å². The van der Waals surface area contributed by atoms with Gasteiger partial charge in [0.25, 0.3) is 0 Å². The van der Waals surface area contributed by atoms with Crippen LogP contribution in [0.15, 0.2) is 0 Å². The molecule has 1 rings (SSSR count). The highest BCUT2D eigenvalue weighted by Gasteiger charge is 2.34. The Balaban J connectivity index is 2.49. The van der Waals surface area contributed by atoms with Gasteiger partial charge < -0.3 is 5.32 Å². The second kappa shape index (κ2) is 7.49. The molecule has 0 amide bonds. The monoisotopic (exact) mass is 254 g/mol. The van der Waals surface area contributed by atoms with Gasteiger partial charge in [0.15, 0.2) is 0 Å². The molecule has 2 heteroatoms. The Bertz CT molecular complexity index is 225. The molecule has 108 valence electrons. The minimum Gasteiger partial charge on any atom is -0.309 e. The molecule has 1 fully saturated rings. The number of unbranched alkanes of at least 4 members (excludes halogenated alkanes) is 3. The molecular weight excluding hydrogens is 220 g/mol. The fraction of sp³-hybridized carbons (Fsp3) is 1.00. The lowest BCUT2D eigenvalue weighted by Gasteiger charge is -2.47. The predicted molar refractivity (Wildman–Crippen MR) is 81.0 cm³/mol. The summed E-state index contributed by atoms with van der Waals surface area (Å²) in [6, 6.07) is 0.740. The molecule has 18 heavy (non-hydrogen) atoms. The van der Waals surface area contributed by atoms with E-state index in [1.807, 2.05) is 0 Å². The van der Waals surface area contributed by atoms with Gasteiger partial charge in [-0.3, -0.25) is 4.90 Å². The fourth-order valence-corrected chi connectivity index (χ4v) is 3.01. The molecule has 0 saturated carbocycles. The summed E-state index contributed by atoms with van der Waals surface area (Å²) < 4.78 is 0.